The number of alkyl halides is 3. The molecule has 0 bridgehead atoms. The summed E-state index contributed by atoms with van der Waals surface area (Å²) in [5.41, 5.74) is 0.793. The molecule has 0 aliphatic carbocycles. The zero-order chi connectivity index (χ0) is 12.1. The predicted octanol–water partition coefficient (Wildman–Crippen LogP) is 3.62. The van der Waals surface area contributed by atoms with Gasteiger partial charge in [-0.05, 0) is 17.7 Å². The molecule has 1 aromatic rings. The molecule has 2 nitrogen and oxygen atoms in total. The van der Waals surface area contributed by atoms with E-state index in [9.17, 15) is 13.6 Å². The molecule has 0 aromatic heterocycles. The van der Waals surface area contributed by atoms with Gasteiger partial charge in [0.1, 0.15) is 5.75 Å². The Morgan fingerprint density at radius 1 is 1.50 bits per heavy atom. The summed E-state index contributed by atoms with van der Waals surface area (Å²) in [7, 11) is 0. The highest BCUT2D eigenvalue weighted by Crippen LogP contribution is 2.24. The smallest absolute Gasteiger partial charge is 0.387 e. The molecule has 88 valence electrons. The van der Waals surface area contributed by atoms with Gasteiger partial charge in [-0.15, -0.1) is 11.6 Å². The number of hydrogen-bond acceptors (Lipinski definition) is 2. The third-order valence-electron chi connectivity index (χ3n) is 2.04. The fraction of sp³-hybridized carbons (Fsp3) is 0.364. The zero-order valence-corrected chi connectivity index (χ0v) is 9.43. The van der Waals surface area contributed by atoms with Gasteiger partial charge < -0.3 is 4.74 Å². The minimum absolute atomic E-state index is 0.111. The highest BCUT2D eigenvalue weighted by molar-refractivity contribution is 6.17. The first kappa shape index (κ1) is 12.9. The van der Waals surface area contributed by atoms with Crippen molar-refractivity contribution in [3.8, 4) is 5.75 Å². The zero-order valence-electron chi connectivity index (χ0n) is 8.67. The van der Waals surface area contributed by atoms with Crippen LogP contribution in [0.3, 0.4) is 0 Å². The highest BCUT2D eigenvalue weighted by atomic mass is 35.5. The van der Waals surface area contributed by atoms with Crippen LogP contribution in [0.2, 0.25) is 0 Å². The maximum Gasteiger partial charge on any atom is 0.387 e. The second-order valence-corrected chi connectivity index (χ2v) is 3.39. The largest absolute Gasteiger partial charge is 0.434 e. The molecule has 0 radical (unpaired) electrons. The van der Waals surface area contributed by atoms with Crippen LogP contribution in [0.5, 0.6) is 5.75 Å². The summed E-state index contributed by atoms with van der Waals surface area (Å²) in [6.45, 7) is -1.29. The third kappa shape index (κ3) is 3.17. The molecular weight excluding hydrogens is 238 g/mol. The summed E-state index contributed by atoms with van der Waals surface area (Å²) in [5, 5.41) is 0. The summed E-state index contributed by atoms with van der Waals surface area (Å²) in [5.74, 6) is -0.169. The monoisotopic (exact) mass is 248 g/mol. The van der Waals surface area contributed by atoms with Crippen LogP contribution < -0.4 is 4.74 Å². The van der Waals surface area contributed by atoms with E-state index >= 15 is 0 Å². The molecule has 16 heavy (non-hydrogen) atoms. The number of ether oxygens (including phenoxy) is 1. The molecule has 0 saturated carbocycles. The van der Waals surface area contributed by atoms with Crippen LogP contribution in [0, 0.1) is 0 Å². The van der Waals surface area contributed by atoms with Gasteiger partial charge in [-0.25, -0.2) is 0 Å². The lowest BCUT2D eigenvalue weighted by molar-refractivity contribution is -0.0501. The van der Waals surface area contributed by atoms with E-state index in [1.165, 1.54) is 12.1 Å². The predicted molar refractivity (Wildman–Crippen MR) is 57.3 cm³/mol. The van der Waals surface area contributed by atoms with Crippen molar-refractivity contribution in [2.24, 2.45) is 0 Å². The minimum Gasteiger partial charge on any atom is -0.434 e. The molecule has 0 fully saturated rings. The van der Waals surface area contributed by atoms with E-state index in [-0.39, 0.29) is 29.4 Å². The van der Waals surface area contributed by atoms with E-state index in [1.54, 1.807) is 13.0 Å². The van der Waals surface area contributed by atoms with Gasteiger partial charge in [-0.2, -0.15) is 8.78 Å². The van der Waals surface area contributed by atoms with Crippen molar-refractivity contribution in [2.45, 2.75) is 25.8 Å². The lowest BCUT2D eigenvalue weighted by Gasteiger charge is -2.10. The van der Waals surface area contributed by atoms with Gasteiger partial charge in [0.15, 0.2) is 5.78 Å². The first-order valence-corrected chi connectivity index (χ1v) is 5.28. The Morgan fingerprint density at radius 2 is 2.19 bits per heavy atom. The summed E-state index contributed by atoms with van der Waals surface area (Å²) < 4.78 is 28.6. The van der Waals surface area contributed by atoms with Crippen LogP contribution in [0.15, 0.2) is 18.2 Å². The molecule has 0 saturated heterocycles. The van der Waals surface area contributed by atoms with Crippen molar-refractivity contribution in [1.29, 1.82) is 0 Å². The quantitative estimate of drug-likeness (QED) is 0.588. The number of hydrogen-bond donors (Lipinski definition) is 0. The Bertz CT molecular complexity index is 380. The molecule has 0 spiro atoms. The van der Waals surface area contributed by atoms with E-state index in [0.29, 0.717) is 5.56 Å². The standard InChI is InChI=1S/C11H11ClF2O2/c1-2-9(15)8-4-3-7(6-12)5-10(8)16-11(13)14/h3-5,11H,2,6H2,1H3. The molecule has 1 aromatic carbocycles. The second-order valence-electron chi connectivity index (χ2n) is 3.12. The first-order valence-electron chi connectivity index (χ1n) is 4.75. The number of rotatable bonds is 5. The lowest BCUT2D eigenvalue weighted by Crippen LogP contribution is -2.08. The number of carbonyl (C=O) groups is 1. The van der Waals surface area contributed by atoms with Gasteiger partial charge >= 0.3 is 6.61 Å². The maximum absolute atomic E-state index is 12.1. The minimum atomic E-state index is -2.95. The fourth-order valence-corrected chi connectivity index (χ4v) is 1.43. The topological polar surface area (TPSA) is 26.3 Å². The van der Waals surface area contributed by atoms with E-state index < -0.39 is 6.61 Å². The number of halogens is 3. The number of Topliss-reactive ketones (excluding diaryl/α,β-unsaturated/α-hetero) is 1. The maximum atomic E-state index is 12.1. The molecule has 0 aliphatic heterocycles. The molecule has 0 atom stereocenters. The number of ketones is 1. The molecule has 0 heterocycles. The van der Waals surface area contributed by atoms with Gasteiger partial charge in [0.05, 0.1) is 5.56 Å². The summed E-state index contributed by atoms with van der Waals surface area (Å²) in [4.78, 5) is 11.5. The van der Waals surface area contributed by atoms with Gasteiger partial charge in [0.2, 0.25) is 0 Å². The Balaban J connectivity index is 3.10. The molecule has 1 rings (SSSR count). The average molecular weight is 249 g/mol. The van der Waals surface area contributed by atoms with Gasteiger partial charge in [-0.3, -0.25) is 4.79 Å². The Kier molecular flexibility index (Phi) is 4.68. The average Bonchev–Trinajstić information content (AvgIpc) is 2.27. The molecule has 5 heteroatoms. The summed E-state index contributed by atoms with van der Waals surface area (Å²) in [6.07, 6.45) is 0.236. The van der Waals surface area contributed by atoms with Crippen LogP contribution in [0.1, 0.15) is 29.3 Å². The van der Waals surface area contributed by atoms with E-state index in [0.717, 1.165) is 0 Å². The Hall–Kier alpha value is -1.16. The van der Waals surface area contributed by atoms with Crippen molar-refractivity contribution >= 4 is 17.4 Å². The Labute approximate surface area is 97.2 Å². The van der Waals surface area contributed by atoms with Gasteiger partial charge in [-0.1, -0.05) is 13.0 Å². The molecule has 0 unspecified atom stereocenters. The van der Waals surface area contributed by atoms with Gasteiger partial charge in [0.25, 0.3) is 0 Å². The fourth-order valence-electron chi connectivity index (χ4n) is 1.26. The van der Waals surface area contributed by atoms with Crippen LogP contribution in [-0.2, 0) is 5.88 Å². The van der Waals surface area contributed by atoms with Crippen LogP contribution in [0.25, 0.3) is 0 Å². The lowest BCUT2D eigenvalue weighted by atomic mass is 10.1. The van der Waals surface area contributed by atoms with E-state index in [4.69, 9.17) is 11.6 Å². The van der Waals surface area contributed by atoms with E-state index in [2.05, 4.69) is 4.74 Å². The second kappa shape index (κ2) is 5.80. The van der Waals surface area contributed by atoms with Crippen molar-refractivity contribution in [3.05, 3.63) is 29.3 Å². The molecule has 0 amide bonds. The Morgan fingerprint density at radius 3 is 2.69 bits per heavy atom. The normalized spacial score (nSPS) is 10.6. The molecule has 0 aliphatic rings. The van der Waals surface area contributed by atoms with Crippen molar-refractivity contribution in [1.82, 2.24) is 0 Å². The van der Waals surface area contributed by atoms with Crippen LogP contribution >= 0.6 is 11.6 Å². The SMILES string of the molecule is CCC(=O)c1ccc(CCl)cc1OC(F)F. The summed E-state index contributed by atoms with van der Waals surface area (Å²) in [6, 6.07) is 4.44. The van der Waals surface area contributed by atoms with Crippen molar-refractivity contribution in [2.75, 3.05) is 0 Å². The van der Waals surface area contributed by atoms with Crippen molar-refractivity contribution in [3.63, 3.8) is 0 Å². The summed E-state index contributed by atoms with van der Waals surface area (Å²) >= 11 is 5.57. The number of benzene rings is 1. The third-order valence-corrected chi connectivity index (χ3v) is 2.35. The highest BCUT2D eigenvalue weighted by Gasteiger charge is 2.14. The first-order chi connectivity index (χ1) is 7.58. The number of carbonyl (C=O) groups excluding carboxylic acids is 1. The van der Waals surface area contributed by atoms with Crippen LogP contribution in [0.4, 0.5) is 8.78 Å². The van der Waals surface area contributed by atoms with Crippen molar-refractivity contribution < 1.29 is 18.3 Å². The van der Waals surface area contributed by atoms with Crippen LogP contribution in [-0.4, -0.2) is 12.4 Å². The van der Waals surface area contributed by atoms with Gasteiger partial charge in [0, 0.05) is 12.3 Å². The van der Waals surface area contributed by atoms with E-state index in [1.807, 2.05) is 0 Å². The molecule has 0 N–H and O–H groups in total. The molecular formula is C11H11ClF2O2.